The second-order valence-electron chi connectivity index (χ2n) is 6.18. The summed E-state index contributed by atoms with van der Waals surface area (Å²) < 4.78 is 29.4. The van der Waals surface area contributed by atoms with Crippen molar-refractivity contribution in [3.8, 4) is 23.3 Å². The number of nitrogens with zero attached hydrogens (tertiary/aromatic N) is 1. The number of carbonyl (C=O) groups excluding carboxylic acids is 1. The van der Waals surface area contributed by atoms with Gasteiger partial charge in [-0.1, -0.05) is 24.3 Å². The van der Waals surface area contributed by atoms with Crippen molar-refractivity contribution in [3.05, 3.63) is 89.2 Å². The van der Waals surface area contributed by atoms with Gasteiger partial charge in [-0.05, 0) is 59.7 Å². The maximum absolute atomic E-state index is 13.7. The van der Waals surface area contributed by atoms with Crippen LogP contribution in [0, 0.1) is 17.1 Å². The van der Waals surface area contributed by atoms with Gasteiger partial charge in [0.25, 0.3) is 0 Å². The van der Waals surface area contributed by atoms with Gasteiger partial charge < -0.3 is 14.2 Å². The first-order chi connectivity index (χ1) is 14.5. The highest BCUT2D eigenvalue weighted by Crippen LogP contribution is 2.31. The largest absolute Gasteiger partial charge is 0.493 e. The van der Waals surface area contributed by atoms with Crippen LogP contribution in [0.25, 0.3) is 11.6 Å². The van der Waals surface area contributed by atoms with Crippen LogP contribution in [0.1, 0.15) is 21.5 Å². The number of esters is 1. The molecular weight excluding hydrogens is 385 g/mol. The monoisotopic (exact) mass is 403 g/mol. The molecule has 0 bridgehead atoms. The van der Waals surface area contributed by atoms with Gasteiger partial charge in [0, 0.05) is 0 Å². The third kappa shape index (κ3) is 4.65. The molecule has 3 aromatic carbocycles. The van der Waals surface area contributed by atoms with Gasteiger partial charge in [0.05, 0.1) is 31.4 Å². The zero-order valence-electron chi connectivity index (χ0n) is 16.4. The third-order valence-electron chi connectivity index (χ3n) is 4.31. The van der Waals surface area contributed by atoms with Crippen LogP contribution in [0.15, 0.2) is 66.7 Å². The average Bonchev–Trinajstić information content (AvgIpc) is 2.78. The van der Waals surface area contributed by atoms with E-state index in [1.54, 1.807) is 61.7 Å². The van der Waals surface area contributed by atoms with E-state index in [-0.39, 0.29) is 11.3 Å². The molecular formula is C24H18FNO4. The first kappa shape index (κ1) is 20.6. The lowest BCUT2D eigenvalue weighted by Gasteiger charge is -2.09. The summed E-state index contributed by atoms with van der Waals surface area (Å²) in [6.07, 6.45) is 1.70. The topological polar surface area (TPSA) is 68.5 Å². The van der Waals surface area contributed by atoms with Crippen molar-refractivity contribution in [1.82, 2.24) is 0 Å². The maximum Gasteiger partial charge on any atom is 0.346 e. The SMILES string of the molecule is COc1ccc(/C(C#N)=C\c2ccc(OC(=O)c3ccccc3F)cc2)cc1OC. The van der Waals surface area contributed by atoms with Gasteiger partial charge in [0.15, 0.2) is 11.5 Å². The molecule has 0 unspecified atom stereocenters. The number of hydrogen-bond acceptors (Lipinski definition) is 5. The molecule has 0 atom stereocenters. The Morgan fingerprint density at radius 2 is 1.67 bits per heavy atom. The van der Waals surface area contributed by atoms with Crippen LogP contribution in [-0.4, -0.2) is 20.2 Å². The van der Waals surface area contributed by atoms with Crippen LogP contribution in [0.2, 0.25) is 0 Å². The highest BCUT2D eigenvalue weighted by molar-refractivity contribution is 5.92. The lowest BCUT2D eigenvalue weighted by atomic mass is 10.0. The minimum absolute atomic E-state index is 0.137. The Bertz CT molecular complexity index is 1130. The predicted octanol–water partition coefficient (Wildman–Crippen LogP) is 5.13. The van der Waals surface area contributed by atoms with E-state index >= 15 is 0 Å². The van der Waals surface area contributed by atoms with E-state index < -0.39 is 11.8 Å². The van der Waals surface area contributed by atoms with Crippen LogP contribution in [0.3, 0.4) is 0 Å². The molecule has 0 radical (unpaired) electrons. The first-order valence-electron chi connectivity index (χ1n) is 8.96. The van der Waals surface area contributed by atoms with Crippen molar-refractivity contribution < 1.29 is 23.4 Å². The zero-order chi connectivity index (χ0) is 21.5. The Hall–Kier alpha value is -4.11. The van der Waals surface area contributed by atoms with Crippen LogP contribution < -0.4 is 14.2 Å². The van der Waals surface area contributed by atoms with Gasteiger partial charge in [-0.2, -0.15) is 5.26 Å². The summed E-state index contributed by atoms with van der Waals surface area (Å²) in [4.78, 5) is 12.1. The lowest BCUT2D eigenvalue weighted by molar-refractivity contribution is 0.0730. The van der Waals surface area contributed by atoms with Crippen molar-refractivity contribution >= 4 is 17.6 Å². The summed E-state index contributed by atoms with van der Waals surface area (Å²) in [5, 5.41) is 9.56. The number of allylic oxidation sites excluding steroid dienone is 1. The van der Waals surface area contributed by atoms with Crippen molar-refractivity contribution in [2.45, 2.75) is 0 Å². The Balaban J connectivity index is 1.80. The predicted molar refractivity (Wildman–Crippen MR) is 111 cm³/mol. The van der Waals surface area contributed by atoms with E-state index in [1.165, 1.54) is 25.3 Å². The average molecular weight is 403 g/mol. The molecule has 0 spiro atoms. The summed E-state index contributed by atoms with van der Waals surface area (Å²) in [5.41, 5.74) is 1.69. The van der Waals surface area contributed by atoms with Gasteiger partial charge >= 0.3 is 5.97 Å². The van der Waals surface area contributed by atoms with Crippen molar-refractivity contribution in [1.29, 1.82) is 5.26 Å². The smallest absolute Gasteiger partial charge is 0.346 e. The third-order valence-corrected chi connectivity index (χ3v) is 4.31. The molecule has 0 aliphatic heterocycles. The molecule has 150 valence electrons. The molecule has 0 amide bonds. The van der Waals surface area contributed by atoms with Crippen LogP contribution in [-0.2, 0) is 0 Å². The van der Waals surface area contributed by atoms with E-state index in [4.69, 9.17) is 14.2 Å². The number of nitriles is 1. The number of benzene rings is 3. The highest BCUT2D eigenvalue weighted by atomic mass is 19.1. The van der Waals surface area contributed by atoms with Gasteiger partial charge in [-0.3, -0.25) is 0 Å². The first-order valence-corrected chi connectivity index (χ1v) is 8.96. The molecule has 0 saturated heterocycles. The second kappa shape index (κ2) is 9.39. The Morgan fingerprint density at radius 1 is 0.967 bits per heavy atom. The van der Waals surface area contributed by atoms with Crippen molar-refractivity contribution in [3.63, 3.8) is 0 Å². The van der Waals surface area contributed by atoms with E-state index in [0.29, 0.717) is 22.6 Å². The van der Waals surface area contributed by atoms with E-state index in [1.807, 2.05) is 0 Å². The summed E-state index contributed by atoms with van der Waals surface area (Å²) in [6.45, 7) is 0. The fourth-order valence-electron chi connectivity index (χ4n) is 2.77. The molecule has 6 heteroatoms. The Kier molecular flexibility index (Phi) is 6.46. The number of carbonyl (C=O) groups is 1. The molecule has 0 aromatic heterocycles. The normalized spacial score (nSPS) is 10.8. The molecule has 0 aliphatic rings. The van der Waals surface area contributed by atoms with E-state index in [9.17, 15) is 14.4 Å². The standard InChI is InChI=1S/C24H18FNO4/c1-28-22-12-9-17(14-23(22)29-2)18(15-26)13-16-7-10-19(11-8-16)30-24(27)20-5-3-4-6-21(20)25/h3-14H,1-2H3/b18-13-. The number of hydrogen-bond donors (Lipinski definition) is 0. The molecule has 3 rings (SSSR count). The van der Waals surface area contributed by atoms with Crippen molar-refractivity contribution in [2.75, 3.05) is 14.2 Å². The number of rotatable bonds is 6. The van der Waals surface area contributed by atoms with Gasteiger partial charge in [0.1, 0.15) is 11.6 Å². The Labute approximate surface area is 173 Å². The maximum atomic E-state index is 13.7. The van der Waals surface area contributed by atoms with E-state index in [2.05, 4.69) is 6.07 Å². The van der Waals surface area contributed by atoms with Gasteiger partial charge in [0.2, 0.25) is 0 Å². The lowest BCUT2D eigenvalue weighted by Crippen LogP contribution is -2.10. The molecule has 30 heavy (non-hydrogen) atoms. The van der Waals surface area contributed by atoms with Crippen molar-refractivity contribution in [2.24, 2.45) is 0 Å². The Morgan fingerprint density at radius 3 is 2.30 bits per heavy atom. The minimum atomic E-state index is -0.778. The number of ether oxygens (including phenoxy) is 3. The molecule has 0 N–H and O–H groups in total. The molecule has 0 aliphatic carbocycles. The summed E-state index contributed by atoms with van der Waals surface area (Å²) in [7, 11) is 3.07. The van der Waals surface area contributed by atoms with Crippen LogP contribution in [0.4, 0.5) is 4.39 Å². The fraction of sp³-hybridized carbons (Fsp3) is 0.0833. The minimum Gasteiger partial charge on any atom is -0.493 e. The molecule has 5 nitrogen and oxygen atoms in total. The summed E-state index contributed by atoms with van der Waals surface area (Å²) in [6, 6.07) is 19.5. The van der Waals surface area contributed by atoms with Gasteiger partial charge in [-0.25, -0.2) is 9.18 Å². The second-order valence-corrected chi connectivity index (χ2v) is 6.18. The molecule has 0 fully saturated rings. The molecule has 0 saturated carbocycles. The molecule has 3 aromatic rings. The molecule has 0 heterocycles. The fourth-order valence-corrected chi connectivity index (χ4v) is 2.77. The number of halogens is 1. The zero-order valence-corrected chi connectivity index (χ0v) is 16.4. The van der Waals surface area contributed by atoms with Crippen LogP contribution in [0.5, 0.6) is 17.2 Å². The summed E-state index contributed by atoms with van der Waals surface area (Å²) in [5.74, 6) is -0.0637. The number of methoxy groups -OCH3 is 2. The quantitative estimate of drug-likeness (QED) is 0.247. The summed E-state index contributed by atoms with van der Waals surface area (Å²) >= 11 is 0. The van der Waals surface area contributed by atoms with E-state index in [0.717, 1.165) is 5.56 Å². The van der Waals surface area contributed by atoms with Crippen LogP contribution >= 0.6 is 0 Å². The van der Waals surface area contributed by atoms with Gasteiger partial charge in [-0.15, -0.1) is 0 Å². The highest BCUT2D eigenvalue weighted by Gasteiger charge is 2.13.